The second kappa shape index (κ2) is 7.85. The molecule has 0 spiro atoms. The van der Waals surface area contributed by atoms with E-state index >= 15 is 0 Å². The van der Waals surface area contributed by atoms with E-state index in [0.29, 0.717) is 5.92 Å². The lowest BCUT2D eigenvalue weighted by Gasteiger charge is -2.13. The van der Waals surface area contributed by atoms with Crippen molar-refractivity contribution in [2.24, 2.45) is 11.7 Å². The van der Waals surface area contributed by atoms with Crippen molar-refractivity contribution >= 4 is 15.9 Å². The summed E-state index contributed by atoms with van der Waals surface area (Å²) < 4.78 is 6.68. The molecule has 0 saturated carbocycles. The summed E-state index contributed by atoms with van der Waals surface area (Å²) in [5.41, 5.74) is 7.36. The van der Waals surface area contributed by atoms with E-state index in [2.05, 4.69) is 41.9 Å². The fourth-order valence-electron chi connectivity index (χ4n) is 1.60. The Morgan fingerprint density at radius 3 is 2.65 bits per heavy atom. The fraction of sp³-hybridized carbons (Fsp3) is 0.571. The van der Waals surface area contributed by atoms with Crippen molar-refractivity contribution in [1.82, 2.24) is 0 Å². The molecular weight excluding hydrogens is 278 g/mol. The van der Waals surface area contributed by atoms with Crippen LogP contribution in [0, 0.1) is 5.92 Å². The molecule has 0 heterocycles. The van der Waals surface area contributed by atoms with Crippen LogP contribution >= 0.6 is 15.9 Å². The highest BCUT2D eigenvalue weighted by Gasteiger charge is 2.06. The average molecular weight is 300 g/mol. The molecule has 96 valence electrons. The summed E-state index contributed by atoms with van der Waals surface area (Å²) >= 11 is 3.54. The molecule has 1 aromatic rings. The number of ether oxygens (including phenoxy) is 1. The van der Waals surface area contributed by atoms with E-state index in [1.54, 1.807) is 0 Å². The van der Waals surface area contributed by atoms with Gasteiger partial charge in [-0.3, -0.25) is 0 Å². The first-order valence-electron chi connectivity index (χ1n) is 6.16. The second-order valence-corrected chi connectivity index (χ2v) is 5.67. The maximum atomic E-state index is 6.09. The number of hydrogen-bond donors (Lipinski definition) is 1. The Hall–Kier alpha value is -0.380. The van der Waals surface area contributed by atoms with Gasteiger partial charge in [0.05, 0.1) is 0 Å². The minimum Gasteiger partial charge on any atom is -0.381 e. The highest BCUT2D eigenvalue weighted by molar-refractivity contribution is 9.10. The van der Waals surface area contributed by atoms with E-state index in [9.17, 15) is 0 Å². The van der Waals surface area contributed by atoms with Gasteiger partial charge in [0.15, 0.2) is 0 Å². The predicted molar refractivity (Wildman–Crippen MR) is 76.1 cm³/mol. The van der Waals surface area contributed by atoms with E-state index < -0.39 is 0 Å². The zero-order chi connectivity index (χ0) is 12.7. The average Bonchev–Trinajstić information content (AvgIpc) is 2.27. The molecule has 2 nitrogen and oxygen atoms in total. The van der Waals surface area contributed by atoms with E-state index in [-0.39, 0.29) is 6.04 Å². The van der Waals surface area contributed by atoms with E-state index in [4.69, 9.17) is 10.5 Å². The first-order valence-corrected chi connectivity index (χ1v) is 6.95. The van der Waals surface area contributed by atoms with Gasteiger partial charge in [-0.05, 0) is 30.4 Å². The summed E-state index contributed by atoms with van der Waals surface area (Å²) in [6.45, 7) is 5.88. The molecule has 0 aliphatic rings. The standard InChI is InChI=1S/C14H22BrNO/c1-11(2)10-17-8-7-13(16)9-12-5-3-4-6-14(12)15/h3-6,11,13H,7-10,16H2,1-2H3. The maximum absolute atomic E-state index is 6.09. The van der Waals surface area contributed by atoms with Crippen LogP contribution in [0.4, 0.5) is 0 Å². The molecule has 0 saturated heterocycles. The van der Waals surface area contributed by atoms with Crippen molar-refractivity contribution in [3.05, 3.63) is 34.3 Å². The number of halogens is 1. The van der Waals surface area contributed by atoms with Crippen LogP contribution in [-0.4, -0.2) is 19.3 Å². The lowest BCUT2D eigenvalue weighted by Crippen LogP contribution is -2.25. The number of benzene rings is 1. The van der Waals surface area contributed by atoms with Crippen molar-refractivity contribution in [2.75, 3.05) is 13.2 Å². The van der Waals surface area contributed by atoms with Gasteiger partial charge >= 0.3 is 0 Å². The summed E-state index contributed by atoms with van der Waals surface area (Å²) in [4.78, 5) is 0. The lowest BCUT2D eigenvalue weighted by molar-refractivity contribution is 0.104. The van der Waals surface area contributed by atoms with Gasteiger partial charge in [-0.25, -0.2) is 0 Å². The van der Waals surface area contributed by atoms with Crippen LogP contribution in [-0.2, 0) is 11.2 Å². The summed E-state index contributed by atoms with van der Waals surface area (Å²) in [7, 11) is 0. The lowest BCUT2D eigenvalue weighted by atomic mass is 10.0. The number of hydrogen-bond acceptors (Lipinski definition) is 2. The van der Waals surface area contributed by atoms with Gasteiger partial charge in [-0.2, -0.15) is 0 Å². The SMILES string of the molecule is CC(C)COCCC(N)Cc1ccccc1Br. The van der Waals surface area contributed by atoms with Crippen LogP contribution in [0.3, 0.4) is 0 Å². The first-order chi connectivity index (χ1) is 8.09. The van der Waals surface area contributed by atoms with Crippen LogP contribution in [0.25, 0.3) is 0 Å². The minimum atomic E-state index is 0.167. The molecule has 0 aromatic heterocycles. The molecule has 1 unspecified atom stereocenters. The van der Waals surface area contributed by atoms with Crippen molar-refractivity contribution < 1.29 is 4.74 Å². The van der Waals surface area contributed by atoms with Crippen molar-refractivity contribution in [1.29, 1.82) is 0 Å². The Kier molecular flexibility index (Phi) is 6.78. The number of nitrogens with two attached hydrogens (primary N) is 1. The third-order valence-corrected chi connectivity index (χ3v) is 3.30. The third kappa shape index (κ3) is 6.20. The normalized spacial score (nSPS) is 13.0. The summed E-state index contributed by atoms with van der Waals surface area (Å²) in [6.07, 6.45) is 1.81. The van der Waals surface area contributed by atoms with E-state index in [0.717, 1.165) is 30.5 Å². The van der Waals surface area contributed by atoms with Crippen LogP contribution < -0.4 is 5.73 Å². The molecule has 1 atom stereocenters. The largest absolute Gasteiger partial charge is 0.381 e. The zero-order valence-corrected chi connectivity index (χ0v) is 12.2. The van der Waals surface area contributed by atoms with Gasteiger partial charge in [0.1, 0.15) is 0 Å². The molecule has 0 bridgehead atoms. The van der Waals surface area contributed by atoms with Crippen molar-refractivity contribution in [3.8, 4) is 0 Å². The van der Waals surface area contributed by atoms with Gasteiger partial charge in [0, 0.05) is 23.7 Å². The van der Waals surface area contributed by atoms with Crippen LogP contribution in [0.2, 0.25) is 0 Å². The second-order valence-electron chi connectivity index (χ2n) is 4.81. The molecule has 17 heavy (non-hydrogen) atoms. The zero-order valence-electron chi connectivity index (χ0n) is 10.7. The molecule has 0 amide bonds. The predicted octanol–water partition coefficient (Wildman–Crippen LogP) is 3.38. The third-order valence-electron chi connectivity index (χ3n) is 2.52. The maximum Gasteiger partial charge on any atom is 0.0489 e. The Morgan fingerprint density at radius 1 is 1.29 bits per heavy atom. The molecular formula is C14H22BrNO. The van der Waals surface area contributed by atoms with E-state index in [1.807, 2.05) is 12.1 Å². The van der Waals surface area contributed by atoms with Gasteiger partial charge in [-0.1, -0.05) is 48.0 Å². The molecule has 1 aromatic carbocycles. The number of rotatable bonds is 7. The Labute approximate surface area is 113 Å². The molecule has 2 N–H and O–H groups in total. The molecule has 0 radical (unpaired) electrons. The summed E-state index contributed by atoms with van der Waals surface area (Å²) in [5, 5.41) is 0. The fourth-order valence-corrected chi connectivity index (χ4v) is 2.05. The highest BCUT2D eigenvalue weighted by atomic mass is 79.9. The Balaban J connectivity index is 2.25. The van der Waals surface area contributed by atoms with Gasteiger partial charge in [0.2, 0.25) is 0 Å². The Morgan fingerprint density at radius 2 is 2.00 bits per heavy atom. The molecule has 0 fully saturated rings. The monoisotopic (exact) mass is 299 g/mol. The summed E-state index contributed by atoms with van der Waals surface area (Å²) in [5.74, 6) is 0.592. The molecule has 0 aliphatic carbocycles. The van der Waals surface area contributed by atoms with E-state index in [1.165, 1.54) is 5.56 Å². The smallest absolute Gasteiger partial charge is 0.0489 e. The quantitative estimate of drug-likeness (QED) is 0.784. The minimum absolute atomic E-state index is 0.167. The van der Waals surface area contributed by atoms with Gasteiger partial charge < -0.3 is 10.5 Å². The van der Waals surface area contributed by atoms with Crippen LogP contribution in [0.1, 0.15) is 25.8 Å². The molecule has 1 rings (SSSR count). The van der Waals surface area contributed by atoms with Crippen molar-refractivity contribution in [2.45, 2.75) is 32.7 Å². The summed E-state index contributed by atoms with van der Waals surface area (Å²) in [6, 6.07) is 8.39. The van der Waals surface area contributed by atoms with Gasteiger partial charge in [0.25, 0.3) is 0 Å². The Bertz CT molecular complexity index is 328. The molecule has 3 heteroatoms. The molecule has 0 aliphatic heterocycles. The highest BCUT2D eigenvalue weighted by Crippen LogP contribution is 2.17. The van der Waals surface area contributed by atoms with Crippen LogP contribution in [0.5, 0.6) is 0 Å². The van der Waals surface area contributed by atoms with Gasteiger partial charge in [-0.15, -0.1) is 0 Å². The van der Waals surface area contributed by atoms with Crippen molar-refractivity contribution in [3.63, 3.8) is 0 Å². The first kappa shape index (κ1) is 14.7. The van der Waals surface area contributed by atoms with Crippen LogP contribution in [0.15, 0.2) is 28.7 Å². The topological polar surface area (TPSA) is 35.2 Å².